The van der Waals surface area contributed by atoms with Crippen LogP contribution in [0.1, 0.15) is 13.8 Å². The lowest BCUT2D eigenvalue weighted by atomic mass is 9.76. The first-order chi connectivity index (χ1) is 6.24. The van der Waals surface area contributed by atoms with E-state index in [9.17, 15) is 18.0 Å². The van der Waals surface area contributed by atoms with Gasteiger partial charge in [-0.2, -0.15) is 13.2 Å². The molecule has 0 radical (unpaired) electrons. The number of ether oxygens (including phenoxy) is 1. The molecule has 0 spiro atoms. The zero-order valence-electron chi connectivity index (χ0n) is 8.31. The Kier molecular flexibility index (Phi) is 3.93. The lowest BCUT2D eigenvalue weighted by Gasteiger charge is -2.35. The molecule has 1 atom stereocenters. The highest BCUT2D eigenvalue weighted by Crippen LogP contribution is 2.44. The van der Waals surface area contributed by atoms with E-state index < -0.39 is 30.0 Å². The maximum absolute atomic E-state index is 12.7. The highest BCUT2D eigenvalue weighted by Gasteiger charge is 2.62. The van der Waals surface area contributed by atoms with E-state index in [1.165, 1.54) is 13.8 Å². The van der Waals surface area contributed by atoms with Gasteiger partial charge in [0.15, 0.2) is 5.41 Å². The summed E-state index contributed by atoms with van der Waals surface area (Å²) in [5.41, 5.74) is 2.46. The average Bonchev–Trinajstić information content (AvgIpc) is 2.02. The summed E-state index contributed by atoms with van der Waals surface area (Å²) >= 11 is 0. The summed E-state index contributed by atoms with van der Waals surface area (Å²) in [4.78, 5) is 11.1. The molecule has 0 aliphatic heterocycles. The maximum atomic E-state index is 12.7. The second kappa shape index (κ2) is 4.16. The third-order valence-corrected chi connectivity index (χ3v) is 2.36. The Morgan fingerprint density at radius 1 is 1.43 bits per heavy atom. The fourth-order valence-electron chi connectivity index (χ4n) is 1.30. The van der Waals surface area contributed by atoms with Crippen molar-refractivity contribution in [2.24, 2.45) is 17.1 Å². The van der Waals surface area contributed by atoms with Crippen molar-refractivity contribution >= 4 is 5.97 Å². The minimum atomic E-state index is -4.69. The van der Waals surface area contributed by atoms with Crippen LogP contribution >= 0.6 is 0 Å². The van der Waals surface area contributed by atoms with Gasteiger partial charge in [0.2, 0.25) is 0 Å². The first kappa shape index (κ1) is 13.2. The molecule has 0 aromatic heterocycles. The highest BCUT2D eigenvalue weighted by atomic mass is 19.4. The molecule has 0 saturated carbocycles. The van der Waals surface area contributed by atoms with Gasteiger partial charge in [-0.05, 0) is 5.92 Å². The van der Waals surface area contributed by atoms with Crippen LogP contribution < -0.4 is 5.73 Å². The molecular formula is C8H14F3NO2. The topological polar surface area (TPSA) is 52.3 Å². The molecule has 0 aromatic carbocycles. The van der Waals surface area contributed by atoms with Crippen LogP contribution in [0.25, 0.3) is 0 Å². The molecule has 0 rings (SSSR count). The van der Waals surface area contributed by atoms with Crippen molar-refractivity contribution in [1.29, 1.82) is 0 Å². The molecular weight excluding hydrogens is 199 g/mol. The van der Waals surface area contributed by atoms with Crippen molar-refractivity contribution in [2.45, 2.75) is 20.0 Å². The third-order valence-electron chi connectivity index (χ3n) is 2.36. The molecule has 14 heavy (non-hydrogen) atoms. The number of halogens is 3. The molecule has 0 amide bonds. The van der Waals surface area contributed by atoms with E-state index in [2.05, 4.69) is 4.74 Å². The molecule has 1 unspecified atom stereocenters. The van der Waals surface area contributed by atoms with Gasteiger partial charge in [-0.25, -0.2) is 0 Å². The predicted molar refractivity (Wildman–Crippen MR) is 44.4 cm³/mol. The molecule has 0 aliphatic rings. The molecule has 0 saturated heterocycles. The largest absolute Gasteiger partial charge is 0.468 e. The first-order valence-corrected chi connectivity index (χ1v) is 4.09. The molecule has 3 nitrogen and oxygen atoms in total. The minimum Gasteiger partial charge on any atom is -0.468 e. The van der Waals surface area contributed by atoms with E-state index >= 15 is 0 Å². The molecule has 0 aliphatic carbocycles. The number of nitrogens with two attached hydrogens (primary N) is 1. The molecule has 2 N–H and O–H groups in total. The average molecular weight is 213 g/mol. The van der Waals surface area contributed by atoms with Gasteiger partial charge in [-0.15, -0.1) is 0 Å². The number of carbonyl (C=O) groups is 1. The maximum Gasteiger partial charge on any atom is 0.406 e. The van der Waals surface area contributed by atoms with Crippen molar-refractivity contribution in [3.8, 4) is 0 Å². The fraction of sp³-hybridized carbons (Fsp3) is 0.875. The van der Waals surface area contributed by atoms with E-state index in [1.807, 2.05) is 0 Å². The van der Waals surface area contributed by atoms with Gasteiger partial charge in [0.25, 0.3) is 0 Å². The molecule has 6 heteroatoms. The van der Waals surface area contributed by atoms with Crippen LogP contribution in [-0.2, 0) is 9.53 Å². The smallest absolute Gasteiger partial charge is 0.406 e. The van der Waals surface area contributed by atoms with Gasteiger partial charge in [-0.3, -0.25) is 4.79 Å². The van der Waals surface area contributed by atoms with E-state index in [0.717, 1.165) is 7.11 Å². The van der Waals surface area contributed by atoms with Crippen LogP contribution in [0, 0.1) is 11.3 Å². The Bertz CT molecular complexity index is 215. The Hall–Kier alpha value is -0.780. The third kappa shape index (κ3) is 1.84. The van der Waals surface area contributed by atoms with Crippen LogP contribution in [0.15, 0.2) is 0 Å². The van der Waals surface area contributed by atoms with Gasteiger partial charge in [-0.1, -0.05) is 13.8 Å². The molecule has 0 aromatic rings. The second-order valence-electron chi connectivity index (χ2n) is 3.32. The zero-order chi connectivity index (χ0) is 11.6. The Morgan fingerprint density at radius 3 is 1.93 bits per heavy atom. The summed E-state index contributed by atoms with van der Waals surface area (Å²) < 4.78 is 42.2. The first-order valence-electron chi connectivity index (χ1n) is 4.09. The monoisotopic (exact) mass is 213 g/mol. The van der Waals surface area contributed by atoms with Crippen LogP contribution in [-0.4, -0.2) is 25.8 Å². The number of hydrogen-bond acceptors (Lipinski definition) is 3. The number of hydrogen-bond donors (Lipinski definition) is 1. The van der Waals surface area contributed by atoms with Crippen LogP contribution in [0.2, 0.25) is 0 Å². The van der Waals surface area contributed by atoms with Crippen LogP contribution in [0.5, 0.6) is 0 Å². The van der Waals surface area contributed by atoms with E-state index in [1.54, 1.807) is 0 Å². The van der Waals surface area contributed by atoms with Crippen molar-refractivity contribution in [1.82, 2.24) is 0 Å². The van der Waals surface area contributed by atoms with Crippen LogP contribution in [0.3, 0.4) is 0 Å². The summed E-state index contributed by atoms with van der Waals surface area (Å²) in [6.07, 6.45) is -4.69. The summed E-state index contributed by atoms with van der Waals surface area (Å²) in [5, 5.41) is 0. The van der Waals surface area contributed by atoms with Gasteiger partial charge in [0.05, 0.1) is 7.11 Å². The van der Waals surface area contributed by atoms with Gasteiger partial charge < -0.3 is 10.5 Å². The molecule has 0 bridgehead atoms. The summed E-state index contributed by atoms with van der Waals surface area (Å²) in [6.45, 7) is 1.77. The van der Waals surface area contributed by atoms with E-state index in [0.29, 0.717) is 0 Å². The van der Waals surface area contributed by atoms with Crippen molar-refractivity contribution < 1.29 is 22.7 Å². The molecule has 0 fully saturated rings. The molecule has 0 heterocycles. The fourth-order valence-corrected chi connectivity index (χ4v) is 1.30. The normalized spacial score (nSPS) is 16.6. The SMILES string of the molecule is COC(=O)C(CN)(C(C)C)C(F)(F)F. The summed E-state index contributed by atoms with van der Waals surface area (Å²) in [6, 6.07) is 0. The number of rotatable bonds is 3. The number of esters is 1. The predicted octanol–water partition coefficient (Wildman–Crippen LogP) is 1.32. The Morgan fingerprint density at radius 2 is 1.86 bits per heavy atom. The lowest BCUT2D eigenvalue weighted by molar-refractivity contribution is -0.242. The quantitative estimate of drug-likeness (QED) is 0.719. The second-order valence-corrected chi connectivity index (χ2v) is 3.32. The van der Waals surface area contributed by atoms with Crippen molar-refractivity contribution in [3.05, 3.63) is 0 Å². The van der Waals surface area contributed by atoms with Crippen molar-refractivity contribution in [2.75, 3.05) is 13.7 Å². The number of methoxy groups -OCH3 is 1. The van der Waals surface area contributed by atoms with Crippen LogP contribution in [0.4, 0.5) is 13.2 Å². The van der Waals surface area contributed by atoms with Gasteiger partial charge in [0.1, 0.15) is 0 Å². The van der Waals surface area contributed by atoms with Crippen molar-refractivity contribution in [3.63, 3.8) is 0 Å². The highest BCUT2D eigenvalue weighted by molar-refractivity contribution is 5.78. The zero-order valence-corrected chi connectivity index (χ0v) is 8.31. The minimum absolute atomic E-state index is 0.805. The summed E-state index contributed by atoms with van der Waals surface area (Å²) in [5.74, 6) is -2.29. The molecule has 84 valence electrons. The van der Waals surface area contributed by atoms with E-state index in [4.69, 9.17) is 5.73 Å². The number of carbonyl (C=O) groups excluding carboxylic acids is 1. The van der Waals surface area contributed by atoms with E-state index in [-0.39, 0.29) is 0 Å². The number of alkyl halides is 3. The standard InChI is InChI=1S/C8H14F3NO2/c1-5(2)7(4-12,6(13)14-3)8(9,10)11/h5H,4,12H2,1-3H3. The Balaban J connectivity index is 5.32. The summed E-state index contributed by atoms with van der Waals surface area (Å²) in [7, 11) is 0.918. The lowest BCUT2D eigenvalue weighted by Crippen LogP contribution is -2.54. The van der Waals surface area contributed by atoms with Gasteiger partial charge >= 0.3 is 12.1 Å². The Labute approximate surface area is 80.4 Å². The van der Waals surface area contributed by atoms with Gasteiger partial charge in [0, 0.05) is 6.54 Å².